The highest BCUT2D eigenvalue weighted by atomic mass is 32.2. The van der Waals surface area contributed by atoms with Gasteiger partial charge < -0.3 is 15.4 Å². The van der Waals surface area contributed by atoms with E-state index in [0.717, 1.165) is 10.6 Å². The van der Waals surface area contributed by atoms with Crippen LogP contribution in [-0.4, -0.2) is 39.1 Å². The molecule has 3 rings (SSSR count). The van der Waals surface area contributed by atoms with Crippen LogP contribution in [0, 0.1) is 0 Å². The molecule has 28 heavy (non-hydrogen) atoms. The number of nitrogens with zero attached hydrogens (tertiary/aromatic N) is 1. The Hall–Kier alpha value is -3.07. The van der Waals surface area contributed by atoms with E-state index in [1.807, 2.05) is 6.92 Å². The topological polar surface area (TPSA) is 105 Å². The summed E-state index contributed by atoms with van der Waals surface area (Å²) in [5.41, 5.74) is 1.17. The highest BCUT2D eigenvalue weighted by Gasteiger charge is 2.39. The van der Waals surface area contributed by atoms with Crippen molar-refractivity contribution >= 4 is 38.9 Å². The molecule has 148 valence electrons. The van der Waals surface area contributed by atoms with Gasteiger partial charge in [-0.15, -0.1) is 0 Å². The summed E-state index contributed by atoms with van der Waals surface area (Å²) in [4.78, 5) is 25.1. The van der Waals surface area contributed by atoms with Gasteiger partial charge in [0.05, 0.1) is 36.3 Å². The lowest BCUT2D eigenvalue weighted by Gasteiger charge is -2.35. The minimum Gasteiger partial charge on any atom is -0.492 e. The molecular weight excluding hydrogens is 382 g/mol. The molecule has 0 fully saturated rings. The van der Waals surface area contributed by atoms with Gasteiger partial charge in [0, 0.05) is 0 Å². The van der Waals surface area contributed by atoms with Crippen LogP contribution >= 0.6 is 0 Å². The van der Waals surface area contributed by atoms with E-state index in [0.29, 0.717) is 29.4 Å². The Morgan fingerprint density at radius 2 is 1.86 bits per heavy atom. The molecule has 1 heterocycles. The van der Waals surface area contributed by atoms with E-state index >= 15 is 0 Å². The van der Waals surface area contributed by atoms with Gasteiger partial charge in [-0.3, -0.25) is 13.9 Å². The van der Waals surface area contributed by atoms with Crippen molar-refractivity contribution in [1.82, 2.24) is 0 Å². The summed E-state index contributed by atoms with van der Waals surface area (Å²) >= 11 is 0. The standard InChI is InChI=1S/C19H21N3O5S/c1-3-27-17-11-7-5-9-14(17)20-18(23)12-16-19(24)21-13-8-4-6-10-15(13)22(16)28(2,25)26/h4-11,16H,3,12H2,1-2H3,(H,20,23)(H,21,24)/t16-/m1/s1. The van der Waals surface area contributed by atoms with Crippen molar-refractivity contribution in [3.8, 4) is 5.75 Å². The molecule has 2 aromatic carbocycles. The predicted octanol–water partition coefficient (Wildman–Crippen LogP) is 2.20. The first-order valence-electron chi connectivity index (χ1n) is 8.72. The van der Waals surface area contributed by atoms with E-state index in [9.17, 15) is 18.0 Å². The number of anilines is 3. The number of amides is 2. The smallest absolute Gasteiger partial charge is 0.248 e. The van der Waals surface area contributed by atoms with Gasteiger partial charge in [-0.05, 0) is 31.2 Å². The van der Waals surface area contributed by atoms with Gasteiger partial charge in [-0.2, -0.15) is 0 Å². The summed E-state index contributed by atoms with van der Waals surface area (Å²) in [6.07, 6.45) is 0.672. The second-order valence-corrected chi connectivity index (χ2v) is 8.12. The van der Waals surface area contributed by atoms with Gasteiger partial charge in [0.15, 0.2) is 0 Å². The maximum Gasteiger partial charge on any atom is 0.248 e. The zero-order valence-corrected chi connectivity index (χ0v) is 16.3. The highest BCUT2D eigenvalue weighted by molar-refractivity contribution is 7.92. The largest absolute Gasteiger partial charge is 0.492 e. The molecule has 0 aromatic heterocycles. The van der Waals surface area contributed by atoms with Gasteiger partial charge in [0.2, 0.25) is 21.8 Å². The maximum atomic E-state index is 12.6. The Bertz CT molecular complexity index is 1010. The first kappa shape index (κ1) is 19.7. The Labute approximate surface area is 163 Å². The van der Waals surface area contributed by atoms with Crippen molar-refractivity contribution in [2.45, 2.75) is 19.4 Å². The fraction of sp³-hybridized carbons (Fsp3) is 0.263. The summed E-state index contributed by atoms with van der Waals surface area (Å²) in [5, 5.41) is 5.36. The van der Waals surface area contributed by atoms with Crippen molar-refractivity contribution in [1.29, 1.82) is 0 Å². The molecule has 0 saturated carbocycles. The summed E-state index contributed by atoms with van der Waals surface area (Å²) in [5.74, 6) is -0.561. The average Bonchev–Trinajstić information content (AvgIpc) is 2.63. The zero-order valence-electron chi connectivity index (χ0n) is 15.5. The van der Waals surface area contributed by atoms with Crippen LogP contribution in [0.5, 0.6) is 5.75 Å². The van der Waals surface area contributed by atoms with Crippen LogP contribution in [0.25, 0.3) is 0 Å². The molecule has 9 heteroatoms. The molecule has 0 aliphatic carbocycles. The predicted molar refractivity (Wildman–Crippen MR) is 107 cm³/mol. The Kier molecular flexibility index (Phi) is 5.55. The first-order chi connectivity index (χ1) is 13.3. The van der Waals surface area contributed by atoms with E-state index in [1.165, 1.54) is 0 Å². The summed E-state index contributed by atoms with van der Waals surface area (Å²) < 4.78 is 31.2. The fourth-order valence-corrected chi connectivity index (χ4v) is 4.22. The van der Waals surface area contributed by atoms with E-state index in [2.05, 4.69) is 10.6 Å². The second-order valence-electron chi connectivity index (χ2n) is 6.26. The number of sulfonamides is 1. The zero-order chi connectivity index (χ0) is 20.3. The molecular formula is C19H21N3O5S. The molecule has 0 unspecified atom stereocenters. The molecule has 1 aliphatic heterocycles. The number of fused-ring (bicyclic) bond motifs is 1. The van der Waals surface area contributed by atoms with Crippen molar-refractivity contribution in [3.05, 3.63) is 48.5 Å². The first-order valence-corrected chi connectivity index (χ1v) is 10.6. The van der Waals surface area contributed by atoms with Crippen LogP contribution in [0.3, 0.4) is 0 Å². The molecule has 0 saturated heterocycles. The molecule has 0 radical (unpaired) electrons. The summed E-state index contributed by atoms with van der Waals surface area (Å²) in [6, 6.07) is 12.3. The quantitative estimate of drug-likeness (QED) is 0.769. The lowest BCUT2D eigenvalue weighted by molar-refractivity contribution is -0.122. The molecule has 1 aliphatic rings. The second kappa shape index (κ2) is 7.89. The minimum absolute atomic E-state index is 0.331. The monoisotopic (exact) mass is 403 g/mol. The Morgan fingerprint density at radius 1 is 1.18 bits per heavy atom. The van der Waals surface area contributed by atoms with Crippen LogP contribution in [0.2, 0.25) is 0 Å². The van der Waals surface area contributed by atoms with Crippen LogP contribution in [0.4, 0.5) is 17.1 Å². The van der Waals surface area contributed by atoms with Crippen LogP contribution in [0.1, 0.15) is 13.3 Å². The number of hydrogen-bond acceptors (Lipinski definition) is 5. The van der Waals surface area contributed by atoms with E-state index in [1.54, 1.807) is 48.5 Å². The SMILES string of the molecule is CCOc1ccccc1NC(=O)C[C@@H]1C(=O)Nc2ccccc2N1S(C)(=O)=O. The number of benzene rings is 2. The fourth-order valence-electron chi connectivity index (χ4n) is 3.08. The lowest BCUT2D eigenvalue weighted by Crippen LogP contribution is -2.52. The third-order valence-electron chi connectivity index (χ3n) is 4.18. The summed E-state index contributed by atoms with van der Waals surface area (Å²) in [7, 11) is -3.79. The van der Waals surface area contributed by atoms with E-state index in [4.69, 9.17) is 4.74 Å². The van der Waals surface area contributed by atoms with Crippen LogP contribution in [0.15, 0.2) is 48.5 Å². The molecule has 0 spiro atoms. The van der Waals surface area contributed by atoms with E-state index in [-0.39, 0.29) is 6.42 Å². The number of nitrogens with one attached hydrogen (secondary N) is 2. The number of para-hydroxylation sites is 4. The van der Waals surface area contributed by atoms with Crippen molar-refractivity contribution in [2.75, 3.05) is 27.8 Å². The van der Waals surface area contributed by atoms with Crippen molar-refractivity contribution < 1.29 is 22.7 Å². The number of ether oxygens (including phenoxy) is 1. The molecule has 1 atom stereocenters. The van der Waals surface area contributed by atoms with Gasteiger partial charge in [0.1, 0.15) is 11.8 Å². The van der Waals surface area contributed by atoms with Crippen LogP contribution in [-0.2, 0) is 19.6 Å². The third kappa shape index (κ3) is 4.09. The van der Waals surface area contributed by atoms with E-state index < -0.39 is 27.9 Å². The van der Waals surface area contributed by atoms with Crippen molar-refractivity contribution in [2.24, 2.45) is 0 Å². The molecule has 0 bridgehead atoms. The molecule has 2 N–H and O–H groups in total. The summed E-state index contributed by atoms with van der Waals surface area (Å²) in [6.45, 7) is 2.25. The number of carbonyl (C=O) groups is 2. The Balaban J connectivity index is 1.86. The van der Waals surface area contributed by atoms with Crippen molar-refractivity contribution in [3.63, 3.8) is 0 Å². The minimum atomic E-state index is -3.79. The molecule has 8 nitrogen and oxygen atoms in total. The normalized spacial score (nSPS) is 16.1. The number of hydrogen-bond donors (Lipinski definition) is 2. The maximum absolute atomic E-state index is 12.6. The van der Waals surface area contributed by atoms with Gasteiger partial charge >= 0.3 is 0 Å². The molecule has 2 aromatic rings. The van der Waals surface area contributed by atoms with Gasteiger partial charge in [-0.1, -0.05) is 24.3 Å². The highest BCUT2D eigenvalue weighted by Crippen LogP contribution is 2.35. The Morgan fingerprint density at radius 3 is 2.57 bits per heavy atom. The molecule has 2 amide bonds. The lowest BCUT2D eigenvalue weighted by atomic mass is 10.1. The van der Waals surface area contributed by atoms with Gasteiger partial charge in [0.25, 0.3) is 0 Å². The average molecular weight is 403 g/mol. The number of rotatable bonds is 6. The number of carbonyl (C=O) groups excluding carboxylic acids is 2. The third-order valence-corrected chi connectivity index (χ3v) is 5.35. The van der Waals surface area contributed by atoms with Gasteiger partial charge in [-0.25, -0.2) is 8.42 Å². The van der Waals surface area contributed by atoms with Crippen LogP contribution < -0.4 is 19.7 Å².